The van der Waals surface area contributed by atoms with Gasteiger partial charge in [0, 0.05) is 37.0 Å². The smallest absolute Gasteiger partial charge is 0.254 e. The standard InChI is InChI=1S/C22H26N4O3/c1-28-18-4-2-3-16(9-18)20(27)26-8-7-22(13-26)14-29-12-17-11-24-21(25-19(17)22)23-10-15-5-6-15/h2-4,9,11,15H,5-8,10,12-14H2,1H3,(H,23,24,25)/t22-/m1/s1. The van der Waals surface area contributed by atoms with Gasteiger partial charge in [-0.1, -0.05) is 6.07 Å². The molecule has 1 saturated heterocycles. The van der Waals surface area contributed by atoms with E-state index in [2.05, 4.69) is 10.3 Å². The number of anilines is 1. The van der Waals surface area contributed by atoms with E-state index in [0.717, 1.165) is 30.1 Å². The fourth-order valence-corrected chi connectivity index (χ4v) is 4.33. The van der Waals surface area contributed by atoms with Gasteiger partial charge >= 0.3 is 0 Å². The number of fused-ring (bicyclic) bond motifs is 2. The number of methoxy groups -OCH3 is 1. The van der Waals surface area contributed by atoms with Crippen molar-refractivity contribution >= 4 is 11.9 Å². The van der Waals surface area contributed by atoms with E-state index in [1.807, 2.05) is 29.3 Å². The van der Waals surface area contributed by atoms with E-state index < -0.39 is 0 Å². The second-order valence-electron chi connectivity index (χ2n) is 8.37. The van der Waals surface area contributed by atoms with Crippen LogP contribution < -0.4 is 10.1 Å². The minimum absolute atomic E-state index is 0.0223. The monoisotopic (exact) mass is 394 g/mol. The van der Waals surface area contributed by atoms with Gasteiger partial charge in [-0.15, -0.1) is 0 Å². The zero-order valence-corrected chi connectivity index (χ0v) is 16.7. The van der Waals surface area contributed by atoms with Crippen LogP contribution in [-0.4, -0.2) is 54.1 Å². The highest BCUT2D eigenvalue weighted by Crippen LogP contribution is 2.40. The zero-order chi connectivity index (χ0) is 19.8. The van der Waals surface area contributed by atoms with Crippen LogP contribution in [0.4, 0.5) is 5.95 Å². The van der Waals surface area contributed by atoms with Gasteiger partial charge in [-0.2, -0.15) is 0 Å². The van der Waals surface area contributed by atoms with Crippen LogP contribution >= 0.6 is 0 Å². The quantitative estimate of drug-likeness (QED) is 0.840. The van der Waals surface area contributed by atoms with E-state index in [4.69, 9.17) is 14.5 Å². The first-order valence-electron chi connectivity index (χ1n) is 10.3. The molecule has 1 aromatic heterocycles. The number of rotatable bonds is 5. The maximum Gasteiger partial charge on any atom is 0.254 e. The summed E-state index contributed by atoms with van der Waals surface area (Å²) in [5.41, 5.74) is 2.45. The molecule has 1 saturated carbocycles. The predicted molar refractivity (Wildman–Crippen MR) is 108 cm³/mol. The molecule has 1 atom stereocenters. The summed E-state index contributed by atoms with van der Waals surface area (Å²) < 4.78 is 11.2. The average Bonchev–Trinajstić information content (AvgIpc) is 3.51. The molecule has 2 fully saturated rings. The fraction of sp³-hybridized carbons (Fsp3) is 0.500. The molecule has 29 heavy (non-hydrogen) atoms. The average molecular weight is 394 g/mol. The van der Waals surface area contributed by atoms with Crippen molar-refractivity contribution in [1.29, 1.82) is 0 Å². The van der Waals surface area contributed by atoms with Gasteiger partial charge in [0.15, 0.2) is 0 Å². The number of carbonyl (C=O) groups excluding carboxylic acids is 1. The Labute approximate surface area is 170 Å². The molecule has 2 aliphatic heterocycles. The second-order valence-corrected chi connectivity index (χ2v) is 8.37. The molecule has 1 N–H and O–H groups in total. The first-order valence-corrected chi connectivity index (χ1v) is 10.3. The van der Waals surface area contributed by atoms with Crippen molar-refractivity contribution < 1.29 is 14.3 Å². The van der Waals surface area contributed by atoms with E-state index in [9.17, 15) is 4.79 Å². The first kappa shape index (κ1) is 18.4. The topological polar surface area (TPSA) is 76.6 Å². The Morgan fingerprint density at radius 3 is 3.14 bits per heavy atom. The molecule has 5 rings (SSSR count). The van der Waals surface area contributed by atoms with Crippen LogP contribution in [0.25, 0.3) is 0 Å². The van der Waals surface area contributed by atoms with Crippen molar-refractivity contribution in [3.05, 3.63) is 47.3 Å². The number of likely N-dealkylation sites (tertiary alicyclic amines) is 1. The van der Waals surface area contributed by atoms with Crippen LogP contribution in [0, 0.1) is 5.92 Å². The number of hydrogen-bond acceptors (Lipinski definition) is 6. The summed E-state index contributed by atoms with van der Waals surface area (Å²) in [6.07, 6.45) is 5.30. The lowest BCUT2D eigenvalue weighted by Crippen LogP contribution is -2.41. The molecule has 1 aliphatic carbocycles. The normalized spacial score (nSPS) is 23.1. The van der Waals surface area contributed by atoms with Gasteiger partial charge in [-0.3, -0.25) is 4.79 Å². The summed E-state index contributed by atoms with van der Waals surface area (Å²) in [5.74, 6) is 2.16. The van der Waals surface area contributed by atoms with Crippen LogP contribution in [0.2, 0.25) is 0 Å². The minimum atomic E-state index is -0.263. The summed E-state index contributed by atoms with van der Waals surface area (Å²) >= 11 is 0. The molecule has 2 aromatic rings. The zero-order valence-electron chi connectivity index (χ0n) is 16.7. The molecule has 1 aromatic carbocycles. The van der Waals surface area contributed by atoms with Crippen LogP contribution in [0.1, 0.15) is 40.9 Å². The Kier molecular flexibility index (Phi) is 4.62. The van der Waals surface area contributed by atoms with Gasteiger partial charge in [0.25, 0.3) is 5.91 Å². The Balaban J connectivity index is 1.38. The van der Waals surface area contributed by atoms with Gasteiger partial charge in [0.2, 0.25) is 5.95 Å². The number of nitrogens with one attached hydrogen (secondary N) is 1. The molecule has 0 bridgehead atoms. The van der Waals surface area contributed by atoms with E-state index in [1.165, 1.54) is 12.8 Å². The third-order valence-electron chi connectivity index (χ3n) is 6.21. The fourth-order valence-electron chi connectivity index (χ4n) is 4.33. The van der Waals surface area contributed by atoms with E-state index in [0.29, 0.717) is 43.6 Å². The van der Waals surface area contributed by atoms with Gasteiger partial charge < -0.3 is 19.7 Å². The molecule has 1 spiro atoms. The molecule has 7 heteroatoms. The number of benzene rings is 1. The predicted octanol–water partition coefficient (Wildman–Crippen LogP) is 2.62. The molecule has 0 unspecified atom stereocenters. The number of amides is 1. The van der Waals surface area contributed by atoms with Crippen LogP contribution in [0.5, 0.6) is 5.75 Å². The van der Waals surface area contributed by atoms with Crippen LogP contribution in [0.3, 0.4) is 0 Å². The van der Waals surface area contributed by atoms with Gasteiger partial charge in [-0.25, -0.2) is 9.97 Å². The lowest BCUT2D eigenvalue weighted by molar-refractivity contribution is 0.0485. The summed E-state index contributed by atoms with van der Waals surface area (Å²) in [4.78, 5) is 24.4. The number of nitrogens with zero attached hydrogens (tertiary/aromatic N) is 3. The first-order chi connectivity index (χ1) is 14.2. The number of ether oxygens (including phenoxy) is 2. The van der Waals surface area contributed by atoms with Crippen molar-refractivity contribution in [2.75, 3.05) is 38.7 Å². The Morgan fingerprint density at radius 1 is 1.41 bits per heavy atom. The lowest BCUT2D eigenvalue weighted by Gasteiger charge is -2.34. The Hall–Kier alpha value is -2.67. The summed E-state index contributed by atoms with van der Waals surface area (Å²) in [6, 6.07) is 7.33. The number of hydrogen-bond donors (Lipinski definition) is 1. The van der Waals surface area contributed by atoms with Crippen molar-refractivity contribution in [2.45, 2.75) is 31.3 Å². The maximum absolute atomic E-state index is 13.1. The molecule has 3 aliphatic rings. The molecular weight excluding hydrogens is 368 g/mol. The largest absolute Gasteiger partial charge is 0.497 e. The number of carbonyl (C=O) groups is 1. The SMILES string of the molecule is COc1cccc(C(=O)N2CC[C@]3(COCc4cnc(NCC5CC5)nc43)C2)c1. The second kappa shape index (κ2) is 7.30. The van der Waals surface area contributed by atoms with Crippen LogP contribution in [0.15, 0.2) is 30.5 Å². The van der Waals surface area contributed by atoms with Crippen LogP contribution in [-0.2, 0) is 16.8 Å². The van der Waals surface area contributed by atoms with E-state index in [1.54, 1.807) is 13.2 Å². The molecule has 3 heterocycles. The highest BCUT2D eigenvalue weighted by atomic mass is 16.5. The Bertz CT molecular complexity index is 930. The van der Waals surface area contributed by atoms with Crippen molar-refractivity contribution in [1.82, 2.24) is 14.9 Å². The van der Waals surface area contributed by atoms with Gasteiger partial charge in [0.05, 0.1) is 31.4 Å². The van der Waals surface area contributed by atoms with E-state index in [-0.39, 0.29) is 11.3 Å². The summed E-state index contributed by atoms with van der Waals surface area (Å²) in [5, 5.41) is 3.38. The molecule has 0 radical (unpaired) electrons. The highest BCUT2D eigenvalue weighted by molar-refractivity contribution is 5.95. The lowest BCUT2D eigenvalue weighted by atomic mass is 9.80. The molecular formula is C22H26N4O3. The third kappa shape index (κ3) is 3.55. The Morgan fingerprint density at radius 2 is 2.31 bits per heavy atom. The molecule has 1 amide bonds. The molecule has 152 valence electrons. The number of aromatic nitrogens is 2. The maximum atomic E-state index is 13.1. The molecule has 7 nitrogen and oxygen atoms in total. The van der Waals surface area contributed by atoms with Crippen molar-refractivity contribution in [3.63, 3.8) is 0 Å². The van der Waals surface area contributed by atoms with Crippen molar-refractivity contribution in [3.8, 4) is 5.75 Å². The summed E-state index contributed by atoms with van der Waals surface area (Å²) in [7, 11) is 1.61. The van der Waals surface area contributed by atoms with E-state index >= 15 is 0 Å². The van der Waals surface area contributed by atoms with Gasteiger partial charge in [0.1, 0.15) is 5.75 Å². The highest BCUT2D eigenvalue weighted by Gasteiger charge is 2.46. The minimum Gasteiger partial charge on any atom is -0.497 e. The van der Waals surface area contributed by atoms with Crippen molar-refractivity contribution in [2.24, 2.45) is 5.92 Å². The van der Waals surface area contributed by atoms with Gasteiger partial charge in [-0.05, 0) is 43.4 Å². The third-order valence-corrected chi connectivity index (χ3v) is 6.21. The summed E-state index contributed by atoms with van der Waals surface area (Å²) in [6.45, 7) is 3.34.